The highest BCUT2D eigenvalue weighted by atomic mass is 16.5. The molecule has 1 aliphatic heterocycles. The molecular weight excluding hydrogens is 472 g/mol. The van der Waals surface area contributed by atoms with Gasteiger partial charge >= 0.3 is 5.97 Å². The number of ketones is 1. The second kappa shape index (κ2) is 13.4. The summed E-state index contributed by atoms with van der Waals surface area (Å²) in [6, 6.07) is 7.59. The van der Waals surface area contributed by atoms with Crippen molar-refractivity contribution in [3.8, 4) is 23.0 Å². The largest absolute Gasteiger partial charge is 0.496 e. The predicted molar refractivity (Wildman–Crippen MR) is 143 cm³/mol. The van der Waals surface area contributed by atoms with Gasteiger partial charge in [-0.25, -0.2) is 4.79 Å². The molecule has 202 valence electrons. The molecule has 1 heterocycles. The van der Waals surface area contributed by atoms with E-state index in [0.717, 1.165) is 53.9 Å². The van der Waals surface area contributed by atoms with Gasteiger partial charge in [0.15, 0.2) is 11.9 Å². The number of carboxylic acid groups (broad SMARTS) is 1. The number of aryl methyl sites for hydroxylation is 1. The van der Waals surface area contributed by atoms with Crippen LogP contribution in [0, 0.1) is 5.92 Å². The third-order valence-corrected chi connectivity index (χ3v) is 6.53. The first kappa shape index (κ1) is 28.4. The third-order valence-electron chi connectivity index (χ3n) is 6.53. The number of ether oxygens (including phenoxy) is 4. The Balaban J connectivity index is 1.67. The van der Waals surface area contributed by atoms with Crippen molar-refractivity contribution in [3.63, 3.8) is 0 Å². The fourth-order valence-corrected chi connectivity index (χ4v) is 4.68. The lowest BCUT2D eigenvalue weighted by atomic mass is 9.96. The average Bonchev–Trinajstić information content (AvgIpc) is 2.89. The lowest BCUT2D eigenvalue weighted by Gasteiger charge is -2.26. The Morgan fingerprint density at radius 2 is 1.62 bits per heavy atom. The van der Waals surface area contributed by atoms with E-state index in [2.05, 4.69) is 13.8 Å². The van der Waals surface area contributed by atoms with E-state index >= 15 is 0 Å². The fourth-order valence-electron chi connectivity index (χ4n) is 4.68. The summed E-state index contributed by atoms with van der Waals surface area (Å²) >= 11 is 0. The molecule has 0 saturated carbocycles. The second-order valence-corrected chi connectivity index (χ2v) is 9.71. The van der Waals surface area contributed by atoms with Crippen molar-refractivity contribution in [1.82, 2.24) is 0 Å². The van der Waals surface area contributed by atoms with E-state index in [-0.39, 0.29) is 11.7 Å². The Hall–Kier alpha value is -3.22. The average molecular weight is 513 g/mol. The van der Waals surface area contributed by atoms with Gasteiger partial charge in [-0.15, -0.1) is 0 Å². The number of methoxy groups -OCH3 is 1. The van der Waals surface area contributed by atoms with Crippen molar-refractivity contribution in [3.05, 3.63) is 46.5 Å². The minimum absolute atomic E-state index is 0.0562. The van der Waals surface area contributed by atoms with Crippen molar-refractivity contribution in [2.24, 2.45) is 5.92 Å². The molecule has 2 aromatic carbocycles. The number of fused-ring (bicyclic) bond motifs is 1. The molecule has 1 unspecified atom stereocenters. The molecule has 0 saturated heterocycles. The molecule has 37 heavy (non-hydrogen) atoms. The zero-order valence-corrected chi connectivity index (χ0v) is 22.7. The summed E-state index contributed by atoms with van der Waals surface area (Å²) in [4.78, 5) is 24.1. The van der Waals surface area contributed by atoms with Crippen molar-refractivity contribution >= 4 is 11.8 Å². The standard InChI is InChI=1S/C30H40O7/c1-6-9-21-24(14-11-20-12-15-26(30(32)33)37-28(20)21)35-17-8-18-36-25-16-13-23(27(31)19(3)4)29(34-5)22(25)10-7-2/h11,13-14,16,19,26H,6-10,12,15,17-18H2,1-5H3,(H,32,33). The Bertz CT molecular complexity index is 1090. The van der Waals surface area contributed by atoms with E-state index in [1.54, 1.807) is 13.2 Å². The zero-order chi connectivity index (χ0) is 26.9. The first-order valence-corrected chi connectivity index (χ1v) is 13.4. The summed E-state index contributed by atoms with van der Waals surface area (Å²) in [5.74, 6) is 1.74. The maximum absolute atomic E-state index is 12.7. The highest BCUT2D eigenvalue weighted by Crippen LogP contribution is 2.38. The molecule has 3 rings (SSSR count). The number of carboxylic acids is 1. The normalized spacial score (nSPS) is 14.6. The van der Waals surface area contributed by atoms with Crippen LogP contribution in [0.5, 0.6) is 23.0 Å². The van der Waals surface area contributed by atoms with E-state index in [9.17, 15) is 14.7 Å². The molecule has 0 amide bonds. The third kappa shape index (κ3) is 6.76. The Kier molecular flexibility index (Phi) is 10.2. The SMILES string of the molecule is CCCc1c(OCCCOc2ccc(C(=O)C(C)C)c(OC)c2CCC)ccc2c1OC(C(=O)O)CC2. The summed E-state index contributed by atoms with van der Waals surface area (Å²) in [6.45, 7) is 8.83. The summed E-state index contributed by atoms with van der Waals surface area (Å²) < 4.78 is 23.7. The van der Waals surface area contributed by atoms with Gasteiger partial charge in [-0.2, -0.15) is 0 Å². The summed E-state index contributed by atoms with van der Waals surface area (Å²) in [5.41, 5.74) is 3.49. The van der Waals surface area contributed by atoms with Crippen LogP contribution >= 0.6 is 0 Å². The van der Waals surface area contributed by atoms with Crippen LogP contribution in [0.15, 0.2) is 24.3 Å². The monoisotopic (exact) mass is 512 g/mol. The smallest absolute Gasteiger partial charge is 0.344 e. The number of carbonyl (C=O) groups is 2. The molecule has 0 aromatic heterocycles. The topological polar surface area (TPSA) is 91.3 Å². The molecular formula is C30H40O7. The Morgan fingerprint density at radius 1 is 1.00 bits per heavy atom. The molecule has 0 radical (unpaired) electrons. The van der Waals surface area contributed by atoms with Gasteiger partial charge in [-0.05, 0) is 49.4 Å². The van der Waals surface area contributed by atoms with Crippen LogP contribution < -0.4 is 18.9 Å². The van der Waals surface area contributed by atoms with Crippen LogP contribution in [0.25, 0.3) is 0 Å². The van der Waals surface area contributed by atoms with Crippen molar-refractivity contribution in [2.45, 2.75) is 78.7 Å². The maximum Gasteiger partial charge on any atom is 0.344 e. The van der Waals surface area contributed by atoms with Gasteiger partial charge in [0.05, 0.1) is 25.9 Å². The minimum Gasteiger partial charge on any atom is -0.496 e. The first-order chi connectivity index (χ1) is 17.8. The van der Waals surface area contributed by atoms with Crippen molar-refractivity contribution in [1.29, 1.82) is 0 Å². The molecule has 0 aliphatic carbocycles. The van der Waals surface area contributed by atoms with Gasteiger partial charge in [0.1, 0.15) is 23.0 Å². The number of carbonyl (C=O) groups excluding carboxylic acids is 1. The van der Waals surface area contributed by atoms with Crippen LogP contribution in [0.1, 0.15) is 80.4 Å². The molecule has 2 aromatic rings. The number of aliphatic carboxylic acids is 1. The van der Waals surface area contributed by atoms with Gasteiger partial charge < -0.3 is 24.1 Å². The second-order valence-electron chi connectivity index (χ2n) is 9.71. The summed E-state index contributed by atoms with van der Waals surface area (Å²) in [7, 11) is 1.60. The van der Waals surface area contributed by atoms with E-state index in [0.29, 0.717) is 49.5 Å². The zero-order valence-electron chi connectivity index (χ0n) is 22.7. The van der Waals surface area contributed by atoms with Gasteiger partial charge in [-0.3, -0.25) is 4.79 Å². The van der Waals surface area contributed by atoms with E-state index < -0.39 is 12.1 Å². The van der Waals surface area contributed by atoms with Gasteiger partial charge in [0, 0.05) is 23.5 Å². The minimum atomic E-state index is -0.933. The quantitative estimate of drug-likeness (QED) is 0.243. The molecule has 1 N–H and O–H groups in total. The molecule has 0 bridgehead atoms. The number of hydrogen-bond acceptors (Lipinski definition) is 6. The van der Waals surface area contributed by atoms with Crippen LogP contribution in [0.2, 0.25) is 0 Å². The molecule has 1 atom stereocenters. The molecule has 1 aliphatic rings. The molecule has 0 fully saturated rings. The van der Waals surface area contributed by atoms with Gasteiger partial charge in [0.25, 0.3) is 0 Å². The van der Waals surface area contributed by atoms with Crippen molar-refractivity contribution in [2.75, 3.05) is 20.3 Å². The highest BCUT2D eigenvalue weighted by Gasteiger charge is 2.28. The van der Waals surface area contributed by atoms with Crippen LogP contribution in [-0.2, 0) is 24.1 Å². The van der Waals surface area contributed by atoms with Crippen LogP contribution in [-0.4, -0.2) is 43.3 Å². The van der Waals surface area contributed by atoms with Gasteiger partial charge in [0.2, 0.25) is 0 Å². The van der Waals surface area contributed by atoms with Crippen LogP contribution in [0.4, 0.5) is 0 Å². The molecule has 7 heteroatoms. The van der Waals surface area contributed by atoms with Gasteiger partial charge in [-0.1, -0.05) is 46.6 Å². The van der Waals surface area contributed by atoms with Crippen molar-refractivity contribution < 1.29 is 33.6 Å². The van der Waals surface area contributed by atoms with E-state index in [4.69, 9.17) is 18.9 Å². The maximum atomic E-state index is 12.7. The van der Waals surface area contributed by atoms with E-state index in [1.807, 2.05) is 32.0 Å². The van der Waals surface area contributed by atoms with Crippen LogP contribution in [0.3, 0.4) is 0 Å². The summed E-state index contributed by atoms with van der Waals surface area (Å²) in [6.07, 6.45) is 4.30. The number of benzene rings is 2. The summed E-state index contributed by atoms with van der Waals surface area (Å²) in [5, 5.41) is 9.41. The lowest BCUT2D eigenvalue weighted by Crippen LogP contribution is -2.31. The predicted octanol–water partition coefficient (Wildman–Crippen LogP) is 6.07. The molecule has 7 nitrogen and oxygen atoms in total. The fraction of sp³-hybridized carbons (Fsp3) is 0.533. The number of rotatable bonds is 14. The highest BCUT2D eigenvalue weighted by molar-refractivity contribution is 6.00. The number of hydrogen-bond donors (Lipinski definition) is 1. The lowest BCUT2D eigenvalue weighted by molar-refractivity contribution is -0.145. The Morgan fingerprint density at radius 3 is 2.22 bits per heavy atom. The first-order valence-electron chi connectivity index (χ1n) is 13.4. The molecule has 0 spiro atoms. The Labute approximate surface area is 220 Å². The number of Topliss-reactive ketones (excluding diaryl/α,β-unsaturated/α-hetero) is 1. The van der Waals surface area contributed by atoms with E-state index in [1.165, 1.54) is 0 Å².